The second kappa shape index (κ2) is 8.54. The van der Waals surface area contributed by atoms with Crippen LogP contribution < -0.4 is 4.90 Å². The summed E-state index contributed by atoms with van der Waals surface area (Å²) in [6, 6.07) is 9.80. The Morgan fingerprint density at radius 1 is 1.11 bits per heavy atom. The molecule has 7 heteroatoms. The molecular formula is C20H26N4O3. The minimum atomic E-state index is -0.0492. The predicted molar refractivity (Wildman–Crippen MR) is 102 cm³/mol. The van der Waals surface area contributed by atoms with Crippen LogP contribution >= 0.6 is 0 Å². The molecule has 2 aliphatic rings. The van der Waals surface area contributed by atoms with Gasteiger partial charge in [0.2, 0.25) is 0 Å². The van der Waals surface area contributed by atoms with Gasteiger partial charge in [-0.1, -0.05) is 12.1 Å². The van der Waals surface area contributed by atoms with Crippen LogP contribution in [0.4, 0.5) is 5.69 Å². The van der Waals surface area contributed by atoms with Gasteiger partial charge in [0, 0.05) is 50.9 Å². The summed E-state index contributed by atoms with van der Waals surface area (Å²) in [5, 5.41) is 4.26. The standard InChI is InChI=1S/C20H26N4O3/c25-20(18-5-1-2-6-19(18)22-10-13-26-14-11-22)23-8-4-12-27-17(15-23)16-24-9-3-7-21-24/h1-3,5-7,9,17H,4,8,10-16H2. The van der Waals surface area contributed by atoms with E-state index in [1.54, 1.807) is 6.20 Å². The minimum Gasteiger partial charge on any atom is -0.378 e. The lowest BCUT2D eigenvalue weighted by Crippen LogP contribution is -2.41. The molecule has 1 amide bonds. The summed E-state index contributed by atoms with van der Waals surface area (Å²) >= 11 is 0. The number of para-hydroxylation sites is 1. The van der Waals surface area contributed by atoms with Gasteiger partial charge in [-0.25, -0.2) is 0 Å². The number of amides is 1. The van der Waals surface area contributed by atoms with E-state index in [1.165, 1.54) is 0 Å². The highest BCUT2D eigenvalue weighted by Gasteiger charge is 2.26. The molecule has 144 valence electrons. The summed E-state index contributed by atoms with van der Waals surface area (Å²) < 4.78 is 13.3. The number of nitrogens with zero attached hydrogens (tertiary/aromatic N) is 4. The van der Waals surface area contributed by atoms with Gasteiger partial charge >= 0.3 is 0 Å². The fraction of sp³-hybridized carbons (Fsp3) is 0.500. The lowest BCUT2D eigenvalue weighted by atomic mass is 10.1. The maximum Gasteiger partial charge on any atom is 0.256 e. The summed E-state index contributed by atoms with van der Waals surface area (Å²) in [7, 11) is 0. The normalized spacial score (nSPS) is 21.1. The lowest BCUT2D eigenvalue weighted by Gasteiger charge is -2.32. The predicted octanol–water partition coefficient (Wildman–Crippen LogP) is 1.65. The Morgan fingerprint density at radius 2 is 1.96 bits per heavy atom. The van der Waals surface area contributed by atoms with Crippen LogP contribution in [0.15, 0.2) is 42.7 Å². The number of rotatable bonds is 4. The van der Waals surface area contributed by atoms with Crippen LogP contribution in [-0.4, -0.2) is 72.7 Å². The van der Waals surface area contributed by atoms with Gasteiger partial charge < -0.3 is 19.3 Å². The van der Waals surface area contributed by atoms with E-state index in [0.717, 1.165) is 30.8 Å². The fourth-order valence-corrected chi connectivity index (χ4v) is 3.71. The van der Waals surface area contributed by atoms with E-state index in [4.69, 9.17) is 9.47 Å². The first-order valence-corrected chi connectivity index (χ1v) is 9.61. The van der Waals surface area contributed by atoms with Crippen LogP contribution in [0.1, 0.15) is 16.8 Å². The van der Waals surface area contributed by atoms with Crippen molar-refractivity contribution in [1.82, 2.24) is 14.7 Å². The van der Waals surface area contributed by atoms with Crippen molar-refractivity contribution in [2.24, 2.45) is 0 Å². The average Bonchev–Trinajstić information content (AvgIpc) is 3.12. The third kappa shape index (κ3) is 4.31. The number of anilines is 1. The van der Waals surface area contributed by atoms with Crippen molar-refractivity contribution in [2.75, 3.05) is 50.9 Å². The first-order chi connectivity index (χ1) is 13.3. The van der Waals surface area contributed by atoms with Crippen molar-refractivity contribution >= 4 is 11.6 Å². The highest BCUT2D eigenvalue weighted by molar-refractivity contribution is 5.99. The molecule has 2 aromatic rings. The maximum atomic E-state index is 13.4. The summed E-state index contributed by atoms with van der Waals surface area (Å²) in [5.74, 6) is 0.0769. The zero-order chi connectivity index (χ0) is 18.5. The molecule has 2 aliphatic heterocycles. The third-order valence-electron chi connectivity index (χ3n) is 5.07. The smallest absolute Gasteiger partial charge is 0.256 e. The van der Waals surface area contributed by atoms with Crippen LogP contribution in [0.3, 0.4) is 0 Å². The molecule has 0 spiro atoms. The Bertz CT molecular complexity index is 743. The van der Waals surface area contributed by atoms with E-state index < -0.39 is 0 Å². The summed E-state index contributed by atoms with van der Waals surface area (Å²) in [6.45, 7) is 5.65. The summed E-state index contributed by atoms with van der Waals surface area (Å²) in [4.78, 5) is 17.5. The SMILES string of the molecule is O=C(c1ccccc1N1CCOCC1)N1CCCOC(Cn2cccn2)C1. The number of ether oxygens (including phenoxy) is 2. The third-order valence-corrected chi connectivity index (χ3v) is 5.07. The highest BCUT2D eigenvalue weighted by atomic mass is 16.5. The Labute approximate surface area is 159 Å². The molecular weight excluding hydrogens is 344 g/mol. The fourth-order valence-electron chi connectivity index (χ4n) is 3.71. The highest BCUT2D eigenvalue weighted by Crippen LogP contribution is 2.24. The number of aromatic nitrogens is 2. The number of benzene rings is 1. The van der Waals surface area contributed by atoms with Gasteiger partial charge in [0.1, 0.15) is 0 Å². The van der Waals surface area contributed by atoms with E-state index in [0.29, 0.717) is 39.5 Å². The molecule has 0 radical (unpaired) electrons. The molecule has 1 aromatic heterocycles. The average molecular weight is 370 g/mol. The Kier molecular flexibility index (Phi) is 5.69. The first-order valence-electron chi connectivity index (χ1n) is 9.61. The van der Waals surface area contributed by atoms with Gasteiger partial charge in [-0.05, 0) is 24.6 Å². The van der Waals surface area contributed by atoms with Crippen molar-refractivity contribution < 1.29 is 14.3 Å². The monoisotopic (exact) mass is 370 g/mol. The zero-order valence-electron chi connectivity index (χ0n) is 15.5. The number of hydrogen-bond acceptors (Lipinski definition) is 5. The van der Waals surface area contributed by atoms with Crippen LogP contribution in [0.2, 0.25) is 0 Å². The number of carbonyl (C=O) groups excluding carboxylic acids is 1. The molecule has 0 aliphatic carbocycles. The van der Waals surface area contributed by atoms with Crippen LogP contribution in [-0.2, 0) is 16.0 Å². The van der Waals surface area contributed by atoms with Gasteiger partial charge in [-0.3, -0.25) is 9.48 Å². The molecule has 7 nitrogen and oxygen atoms in total. The van der Waals surface area contributed by atoms with Crippen LogP contribution in [0.5, 0.6) is 0 Å². The second-order valence-corrected chi connectivity index (χ2v) is 6.94. The van der Waals surface area contributed by atoms with Crippen LogP contribution in [0, 0.1) is 0 Å². The molecule has 1 atom stereocenters. The lowest BCUT2D eigenvalue weighted by molar-refractivity contribution is 0.0367. The number of morpholine rings is 1. The topological polar surface area (TPSA) is 59.8 Å². The van der Waals surface area contributed by atoms with Gasteiger partial charge in [-0.2, -0.15) is 5.10 Å². The molecule has 4 rings (SSSR count). The largest absolute Gasteiger partial charge is 0.378 e. The van der Waals surface area contributed by atoms with E-state index in [9.17, 15) is 4.79 Å². The van der Waals surface area contributed by atoms with Gasteiger partial charge in [-0.15, -0.1) is 0 Å². The molecule has 2 fully saturated rings. The molecule has 0 saturated carbocycles. The van der Waals surface area contributed by atoms with Gasteiger partial charge in [0.05, 0.1) is 31.4 Å². The van der Waals surface area contributed by atoms with Gasteiger partial charge in [0.15, 0.2) is 0 Å². The van der Waals surface area contributed by atoms with E-state index >= 15 is 0 Å². The van der Waals surface area contributed by atoms with Crippen molar-refractivity contribution in [2.45, 2.75) is 19.1 Å². The van der Waals surface area contributed by atoms with Gasteiger partial charge in [0.25, 0.3) is 5.91 Å². The van der Waals surface area contributed by atoms with Crippen molar-refractivity contribution in [1.29, 1.82) is 0 Å². The van der Waals surface area contributed by atoms with Crippen molar-refractivity contribution in [3.8, 4) is 0 Å². The quantitative estimate of drug-likeness (QED) is 0.819. The van der Waals surface area contributed by atoms with E-state index in [1.807, 2.05) is 46.1 Å². The number of carbonyl (C=O) groups is 1. The molecule has 1 unspecified atom stereocenters. The maximum absolute atomic E-state index is 13.4. The summed E-state index contributed by atoms with van der Waals surface area (Å²) in [6.07, 6.45) is 4.49. The molecule has 3 heterocycles. The van der Waals surface area contributed by atoms with Crippen molar-refractivity contribution in [3.05, 3.63) is 48.3 Å². The summed E-state index contributed by atoms with van der Waals surface area (Å²) in [5.41, 5.74) is 1.76. The Hall–Kier alpha value is -2.38. The molecule has 2 saturated heterocycles. The minimum absolute atomic E-state index is 0.0492. The first kappa shape index (κ1) is 18.0. The van der Waals surface area contributed by atoms with Crippen molar-refractivity contribution in [3.63, 3.8) is 0 Å². The molecule has 27 heavy (non-hydrogen) atoms. The zero-order valence-corrected chi connectivity index (χ0v) is 15.5. The molecule has 0 bridgehead atoms. The van der Waals surface area contributed by atoms with Crippen LogP contribution in [0.25, 0.3) is 0 Å². The van der Waals surface area contributed by atoms with E-state index in [2.05, 4.69) is 10.00 Å². The number of hydrogen-bond donors (Lipinski definition) is 0. The second-order valence-electron chi connectivity index (χ2n) is 6.94. The Morgan fingerprint density at radius 3 is 2.78 bits per heavy atom. The van der Waals surface area contributed by atoms with E-state index in [-0.39, 0.29) is 12.0 Å². The molecule has 1 aromatic carbocycles. The Balaban J connectivity index is 1.51. The molecule has 0 N–H and O–H groups in total.